The van der Waals surface area contributed by atoms with Crippen molar-refractivity contribution in [3.63, 3.8) is 0 Å². The van der Waals surface area contributed by atoms with E-state index in [4.69, 9.17) is 4.74 Å². The molecule has 0 radical (unpaired) electrons. The van der Waals surface area contributed by atoms with Crippen LogP contribution in [0.3, 0.4) is 0 Å². The summed E-state index contributed by atoms with van der Waals surface area (Å²) in [5.41, 5.74) is 3.27. The maximum Gasteiger partial charge on any atom is 0.103 e. The Morgan fingerprint density at radius 3 is 2.59 bits per heavy atom. The molecule has 0 aliphatic heterocycles. The van der Waals surface area contributed by atoms with E-state index in [0.717, 1.165) is 24.2 Å². The second kappa shape index (κ2) is 6.77. The van der Waals surface area contributed by atoms with Crippen molar-refractivity contribution in [2.24, 2.45) is 5.92 Å². The van der Waals surface area contributed by atoms with Gasteiger partial charge in [0.2, 0.25) is 0 Å². The van der Waals surface area contributed by atoms with Gasteiger partial charge in [-0.15, -0.1) is 0 Å². The smallest absolute Gasteiger partial charge is 0.103 e. The summed E-state index contributed by atoms with van der Waals surface area (Å²) in [5.74, 6) is 0.646. The molecule has 17 heavy (non-hydrogen) atoms. The Kier molecular flexibility index (Phi) is 5.66. The first-order valence-corrected chi connectivity index (χ1v) is 6.33. The number of aliphatic hydroxyl groups is 1. The van der Waals surface area contributed by atoms with Crippen molar-refractivity contribution >= 4 is 0 Å². The molecule has 0 aromatic heterocycles. The fourth-order valence-electron chi connectivity index (χ4n) is 1.72. The zero-order chi connectivity index (χ0) is 12.8. The highest BCUT2D eigenvalue weighted by Gasteiger charge is 2.10. The average molecular weight is 236 g/mol. The van der Waals surface area contributed by atoms with Crippen LogP contribution in [0.25, 0.3) is 0 Å². The van der Waals surface area contributed by atoms with Crippen molar-refractivity contribution in [1.29, 1.82) is 0 Å². The van der Waals surface area contributed by atoms with Crippen molar-refractivity contribution in [2.45, 2.75) is 40.2 Å². The Morgan fingerprint density at radius 1 is 1.24 bits per heavy atom. The van der Waals surface area contributed by atoms with Gasteiger partial charge in [-0.2, -0.15) is 0 Å². The third-order valence-corrected chi connectivity index (χ3v) is 2.91. The SMILES string of the molecule is Cc1ccc(C)c(C(O)COCCC(C)C)c1. The van der Waals surface area contributed by atoms with Gasteiger partial charge >= 0.3 is 0 Å². The van der Waals surface area contributed by atoms with E-state index in [1.807, 2.05) is 26.0 Å². The van der Waals surface area contributed by atoms with Crippen LogP contribution in [0.2, 0.25) is 0 Å². The van der Waals surface area contributed by atoms with Gasteiger partial charge in [0.1, 0.15) is 6.10 Å². The maximum atomic E-state index is 10.1. The highest BCUT2D eigenvalue weighted by molar-refractivity contribution is 5.32. The summed E-state index contributed by atoms with van der Waals surface area (Å²) in [6.45, 7) is 9.51. The van der Waals surface area contributed by atoms with Crippen molar-refractivity contribution in [3.05, 3.63) is 34.9 Å². The molecular weight excluding hydrogens is 212 g/mol. The maximum absolute atomic E-state index is 10.1. The number of aliphatic hydroxyl groups excluding tert-OH is 1. The van der Waals surface area contributed by atoms with Crippen molar-refractivity contribution in [3.8, 4) is 0 Å². The van der Waals surface area contributed by atoms with Gasteiger partial charge in [0.15, 0.2) is 0 Å². The number of rotatable bonds is 6. The van der Waals surface area contributed by atoms with E-state index in [1.165, 1.54) is 5.56 Å². The van der Waals surface area contributed by atoms with Crippen LogP contribution >= 0.6 is 0 Å². The summed E-state index contributed by atoms with van der Waals surface area (Å²) in [4.78, 5) is 0. The molecule has 2 heteroatoms. The number of hydrogen-bond acceptors (Lipinski definition) is 2. The lowest BCUT2D eigenvalue weighted by molar-refractivity contribution is 0.0316. The van der Waals surface area contributed by atoms with Crippen molar-refractivity contribution in [1.82, 2.24) is 0 Å². The van der Waals surface area contributed by atoms with E-state index in [9.17, 15) is 5.11 Å². The summed E-state index contributed by atoms with van der Waals surface area (Å²) < 4.78 is 5.51. The minimum absolute atomic E-state index is 0.386. The molecule has 0 amide bonds. The number of ether oxygens (including phenoxy) is 1. The zero-order valence-electron chi connectivity index (χ0n) is 11.4. The monoisotopic (exact) mass is 236 g/mol. The van der Waals surface area contributed by atoms with Gasteiger partial charge in [0.05, 0.1) is 6.61 Å². The highest BCUT2D eigenvalue weighted by Crippen LogP contribution is 2.19. The lowest BCUT2D eigenvalue weighted by Gasteiger charge is -2.15. The molecule has 0 heterocycles. The van der Waals surface area contributed by atoms with Crippen LogP contribution in [0.5, 0.6) is 0 Å². The molecule has 0 spiro atoms. The summed E-state index contributed by atoms with van der Waals surface area (Å²) in [6, 6.07) is 6.14. The molecule has 1 aromatic carbocycles. The largest absolute Gasteiger partial charge is 0.386 e. The highest BCUT2D eigenvalue weighted by atomic mass is 16.5. The fourth-order valence-corrected chi connectivity index (χ4v) is 1.72. The van der Waals surface area contributed by atoms with E-state index in [1.54, 1.807) is 0 Å². The van der Waals surface area contributed by atoms with Gasteiger partial charge in [0, 0.05) is 6.61 Å². The van der Waals surface area contributed by atoms with Crippen LogP contribution in [-0.2, 0) is 4.74 Å². The zero-order valence-corrected chi connectivity index (χ0v) is 11.4. The fraction of sp³-hybridized carbons (Fsp3) is 0.600. The van der Waals surface area contributed by atoms with Gasteiger partial charge in [-0.3, -0.25) is 0 Å². The number of hydrogen-bond donors (Lipinski definition) is 1. The van der Waals surface area contributed by atoms with Gasteiger partial charge < -0.3 is 9.84 Å². The van der Waals surface area contributed by atoms with Crippen LogP contribution in [0.15, 0.2) is 18.2 Å². The Bertz CT molecular complexity index is 345. The topological polar surface area (TPSA) is 29.5 Å². The molecule has 0 saturated carbocycles. The van der Waals surface area contributed by atoms with Crippen LogP contribution in [-0.4, -0.2) is 18.3 Å². The second-order valence-electron chi connectivity index (χ2n) is 5.13. The van der Waals surface area contributed by atoms with Gasteiger partial charge in [0.25, 0.3) is 0 Å². The molecule has 1 unspecified atom stereocenters. The van der Waals surface area contributed by atoms with E-state index in [2.05, 4.69) is 19.9 Å². The van der Waals surface area contributed by atoms with Crippen molar-refractivity contribution in [2.75, 3.05) is 13.2 Å². The molecule has 1 rings (SSSR count). The Hall–Kier alpha value is -0.860. The standard InChI is InChI=1S/C15H24O2/c1-11(2)7-8-17-10-15(16)14-9-12(3)5-6-13(14)4/h5-6,9,11,15-16H,7-8,10H2,1-4H3. The predicted molar refractivity (Wildman–Crippen MR) is 71.1 cm³/mol. The third-order valence-electron chi connectivity index (χ3n) is 2.91. The minimum Gasteiger partial charge on any atom is -0.386 e. The van der Waals surface area contributed by atoms with Gasteiger partial charge in [-0.25, -0.2) is 0 Å². The number of aryl methyl sites for hydroxylation is 2. The molecule has 0 fully saturated rings. The van der Waals surface area contributed by atoms with Gasteiger partial charge in [-0.05, 0) is 37.3 Å². The second-order valence-corrected chi connectivity index (χ2v) is 5.13. The Morgan fingerprint density at radius 2 is 1.94 bits per heavy atom. The summed E-state index contributed by atoms with van der Waals surface area (Å²) in [6.07, 6.45) is 0.529. The molecule has 0 bridgehead atoms. The van der Waals surface area contributed by atoms with Crippen LogP contribution in [0.4, 0.5) is 0 Å². The van der Waals surface area contributed by atoms with E-state index in [-0.39, 0.29) is 0 Å². The van der Waals surface area contributed by atoms with Gasteiger partial charge in [-0.1, -0.05) is 37.6 Å². The molecular formula is C15H24O2. The summed E-state index contributed by atoms with van der Waals surface area (Å²) in [7, 11) is 0. The van der Waals surface area contributed by atoms with Crippen LogP contribution < -0.4 is 0 Å². The van der Waals surface area contributed by atoms with Crippen LogP contribution in [0.1, 0.15) is 43.1 Å². The molecule has 0 aliphatic rings. The van der Waals surface area contributed by atoms with Crippen molar-refractivity contribution < 1.29 is 9.84 Å². The summed E-state index contributed by atoms with van der Waals surface area (Å²) in [5, 5.41) is 10.1. The molecule has 1 N–H and O–H groups in total. The third kappa shape index (κ3) is 4.88. The molecule has 1 aromatic rings. The Labute approximate surface area is 105 Å². The lowest BCUT2D eigenvalue weighted by atomic mass is 10.0. The average Bonchev–Trinajstić information content (AvgIpc) is 2.27. The van der Waals surface area contributed by atoms with E-state index < -0.39 is 6.10 Å². The molecule has 1 atom stereocenters. The lowest BCUT2D eigenvalue weighted by Crippen LogP contribution is -2.10. The predicted octanol–water partition coefficient (Wildman–Crippen LogP) is 3.40. The Balaban J connectivity index is 2.46. The summed E-state index contributed by atoms with van der Waals surface area (Å²) >= 11 is 0. The molecule has 2 nitrogen and oxygen atoms in total. The van der Waals surface area contributed by atoms with E-state index in [0.29, 0.717) is 12.5 Å². The number of benzene rings is 1. The minimum atomic E-state index is -0.512. The van der Waals surface area contributed by atoms with Crippen LogP contribution in [0, 0.1) is 19.8 Å². The molecule has 0 saturated heterocycles. The quantitative estimate of drug-likeness (QED) is 0.767. The first-order valence-electron chi connectivity index (χ1n) is 6.33. The normalized spacial score (nSPS) is 13.1. The first-order chi connectivity index (χ1) is 8.00. The first kappa shape index (κ1) is 14.2. The van der Waals surface area contributed by atoms with E-state index >= 15 is 0 Å². The molecule has 96 valence electrons. The molecule has 0 aliphatic carbocycles.